The van der Waals surface area contributed by atoms with Gasteiger partial charge in [-0.2, -0.15) is 0 Å². The molecule has 0 spiro atoms. The number of rotatable bonds is 1. The van der Waals surface area contributed by atoms with Crippen molar-refractivity contribution in [1.82, 2.24) is 0 Å². The zero-order valence-electron chi connectivity index (χ0n) is 7.64. The minimum absolute atomic E-state index is 0.484. The summed E-state index contributed by atoms with van der Waals surface area (Å²) in [5.74, 6) is -3.62. The normalized spacial score (nSPS) is 33.4. The van der Waals surface area contributed by atoms with Crippen LogP contribution in [0.2, 0.25) is 0 Å². The highest BCUT2D eigenvalue weighted by molar-refractivity contribution is 6.08. The van der Waals surface area contributed by atoms with Crippen LogP contribution in [0, 0.1) is 0 Å². The summed E-state index contributed by atoms with van der Waals surface area (Å²) in [4.78, 5) is 44.2. The molecule has 2 atom stereocenters. The van der Waals surface area contributed by atoms with Crippen molar-refractivity contribution in [1.29, 1.82) is 0 Å². The molecule has 2 fully saturated rings. The van der Waals surface area contributed by atoms with Gasteiger partial charge < -0.3 is 14.2 Å². The van der Waals surface area contributed by atoms with Gasteiger partial charge in [0.1, 0.15) is 6.42 Å². The maximum atomic E-state index is 11.3. The monoisotopic (exact) mass is 214 g/mol. The third-order valence-electron chi connectivity index (χ3n) is 2.16. The number of esters is 4. The van der Waals surface area contributed by atoms with Crippen LogP contribution >= 0.6 is 0 Å². The van der Waals surface area contributed by atoms with E-state index in [0.29, 0.717) is 0 Å². The van der Waals surface area contributed by atoms with Crippen LogP contribution in [0.3, 0.4) is 0 Å². The Labute approximate surface area is 83.3 Å². The second-order valence-electron chi connectivity index (χ2n) is 3.24. The Morgan fingerprint density at radius 1 is 1.47 bits per heavy atom. The van der Waals surface area contributed by atoms with Crippen molar-refractivity contribution >= 4 is 23.9 Å². The molecule has 7 heteroatoms. The van der Waals surface area contributed by atoms with Crippen molar-refractivity contribution in [3.63, 3.8) is 0 Å². The van der Waals surface area contributed by atoms with Gasteiger partial charge in [-0.15, -0.1) is 0 Å². The van der Waals surface area contributed by atoms with Gasteiger partial charge in [0.05, 0.1) is 0 Å². The van der Waals surface area contributed by atoms with Crippen molar-refractivity contribution in [2.45, 2.75) is 25.0 Å². The Morgan fingerprint density at radius 2 is 2.13 bits per heavy atom. The lowest BCUT2D eigenvalue weighted by atomic mass is 9.98. The van der Waals surface area contributed by atoms with E-state index in [1.54, 1.807) is 0 Å². The molecule has 7 nitrogen and oxygen atoms in total. The molecule has 0 aliphatic carbocycles. The lowest BCUT2D eigenvalue weighted by Crippen LogP contribution is -2.45. The fraction of sp³-hybridized carbons (Fsp3) is 0.500. The van der Waals surface area contributed by atoms with Crippen LogP contribution in [0.5, 0.6) is 0 Å². The molecule has 0 aromatic heterocycles. The summed E-state index contributed by atoms with van der Waals surface area (Å²) in [6.07, 6.45) is -1.94. The molecule has 0 amide bonds. The van der Waals surface area contributed by atoms with E-state index in [9.17, 15) is 19.2 Å². The first-order valence-electron chi connectivity index (χ1n) is 4.11. The Kier molecular flexibility index (Phi) is 1.79. The molecule has 0 aromatic rings. The van der Waals surface area contributed by atoms with Crippen molar-refractivity contribution in [2.24, 2.45) is 0 Å². The van der Waals surface area contributed by atoms with Gasteiger partial charge in [-0.05, 0) is 0 Å². The second kappa shape index (κ2) is 2.78. The topological polar surface area (TPSA) is 96.0 Å². The molecule has 2 saturated heterocycles. The van der Waals surface area contributed by atoms with Gasteiger partial charge in [0.15, 0.2) is 0 Å². The van der Waals surface area contributed by atoms with E-state index in [1.807, 2.05) is 0 Å². The lowest BCUT2D eigenvalue weighted by molar-refractivity contribution is -0.172. The Balaban J connectivity index is 2.40. The first-order valence-corrected chi connectivity index (χ1v) is 4.11. The first kappa shape index (κ1) is 9.63. The summed E-state index contributed by atoms with van der Waals surface area (Å²) >= 11 is 0. The standard InChI is InChI=1S/C8H6O7/c1-3(9)15-8-2-4(10)13-5(8)6(11)14-7(8)12/h5H,2H2,1H3/t5-,8+/m0/s1. The molecule has 0 unspecified atom stereocenters. The molecule has 0 N–H and O–H groups in total. The SMILES string of the molecule is CC(=O)O[C@]12CC(=O)O[C@H]1C(=O)OC2=O. The lowest BCUT2D eigenvalue weighted by Gasteiger charge is -2.18. The maximum absolute atomic E-state index is 11.3. The summed E-state index contributed by atoms with van der Waals surface area (Å²) in [7, 11) is 0. The molecule has 2 aliphatic heterocycles. The minimum Gasteiger partial charge on any atom is -0.445 e. The molecule has 15 heavy (non-hydrogen) atoms. The van der Waals surface area contributed by atoms with Crippen molar-refractivity contribution in [3.8, 4) is 0 Å². The molecule has 0 saturated carbocycles. The van der Waals surface area contributed by atoms with Gasteiger partial charge >= 0.3 is 23.9 Å². The van der Waals surface area contributed by atoms with Gasteiger partial charge in [-0.25, -0.2) is 9.59 Å². The van der Waals surface area contributed by atoms with Crippen molar-refractivity contribution < 1.29 is 33.4 Å². The van der Waals surface area contributed by atoms with Crippen LogP contribution in [0.4, 0.5) is 0 Å². The molecular formula is C8H6O7. The zero-order valence-corrected chi connectivity index (χ0v) is 7.64. The van der Waals surface area contributed by atoms with E-state index < -0.39 is 42.0 Å². The van der Waals surface area contributed by atoms with E-state index in [0.717, 1.165) is 6.92 Å². The quantitative estimate of drug-likeness (QED) is 0.303. The van der Waals surface area contributed by atoms with Gasteiger partial charge in [0.2, 0.25) is 6.10 Å². The Bertz CT molecular complexity index is 384. The number of carbonyl (C=O) groups excluding carboxylic acids is 4. The van der Waals surface area contributed by atoms with Crippen molar-refractivity contribution in [2.75, 3.05) is 0 Å². The molecule has 0 radical (unpaired) electrons. The maximum Gasteiger partial charge on any atom is 0.363 e. The van der Waals surface area contributed by atoms with E-state index in [2.05, 4.69) is 9.47 Å². The first-order chi connectivity index (χ1) is 6.95. The number of hydrogen-bond acceptors (Lipinski definition) is 7. The number of fused-ring (bicyclic) bond motifs is 1. The predicted molar refractivity (Wildman–Crippen MR) is 40.1 cm³/mol. The summed E-state index contributed by atoms with van der Waals surface area (Å²) < 4.78 is 13.5. The molecule has 2 heterocycles. The fourth-order valence-electron chi connectivity index (χ4n) is 1.61. The summed E-state index contributed by atoms with van der Waals surface area (Å²) in [6, 6.07) is 0. The predicted octanol–water partition coefficient (Wildman–Crippen LogP) is -1.31. The molecule has 2 aliphatic rings. The second-order valence-corrected chi connectivity index (χ2v) is 3.24. The highest BCUT2D eigenvalue weighted by atomic mass is 16.7. The Hall–Kier alpha value is -1.92. The molecule has 80 valence electrons. The Morgan fingerprint density at radius 3 is 2.73 bits per heavy atom. The summed E-state index contributed by atoms with van der Waals surface area (Å²) in [5, 5.41) is 0. The summed E-state index contributed by atoms with van der Waals surface area (Å²) in [5.41, 5.74) is -1.90. The fourth-order valence-corrected chi connectivity index (χ4v) is 1.61. The molecule has 0 bridgehead atoms. The molecule has 0 aromatic carbocycles. The van der Waals surface area contributed by atoms with Crippen LogP contribution < -0.4 is 0 Å². The van der Waals surface area contributed by atoms with E-state index in [-0.39, 0.29) is 0 Å². The van der Waals surface area contributed by atoms with Gasteiger partial charge in [-0.3, -0.25) is 9.59 Å². The van der Waals surface area contributed by atoms with Crippen LogP contribution in [0.25, 0.3) is 0 Å². The zero-order chi connectivity index (χ0) is 11.2. The van der Waals surface area contributed by atoms with Crippen LogP contribution in [-0.2, 0) is 33.4 Å². The minimum atomic E-state index is -1.90. The smallest absolute Gasteiger partial charge is 0.363 e. The average molecular weight is 214 g/mol. The molecular weight excluding hydrogens is 208 g/mol. The van der Waals surface area contributed by atoms with E-state index in [4.69, 9.17) is 4.74 Å². The third-order valence-corrected chi connectivity index (χ3v) is 2.16. The highest BCUT2D eigenvalue weighted by Crippen LogP contribution is 2.37. The van der Waals surface area contributed by atoms with E-state index in [1.165, 1.54) is 0 Å². The van der Waals surface area contributed by atoms with Crippen LogP contribution in [0.15, 0.2) is 0 Å². The van der Waals surface area contributed by atoms with Crippen LogP contribution in [0.1, 0.15) is 13.3 Å². The number of cyclic esters (lactones) is 2. The van der Waals surface area contributed by atoms with Crippen LogP contribution in [-0.4, -0.2) is 35.6 Å². The average Bonchev–Trinajstić information content (AvgIpc) is 2.50. The number of ether oxygens (including phenoxy) is 3. The largest absolute Gasteiger partial charge is 0.445 e. The molecule has 2 rings (SSSR count). The highest BCUT2D eigenvalue weighted by Gasteiger charge is 2.68. The van der Waals surface area contributed by atoms with E-state index >= 15 is 0 Å². The summed E-state index contributed by atoms with van der Waals surface area (Å²) in [6.45, 7) is 1.06. The van der Waals surface area contributed by atoms with Gasteiger partial charge in [0.25, 0.3) is 5.60 Å². The van der Waals surface area contributed by atoms with Gasteiger partial charge in [-0.1, -0.05) is 0 Å². The van der Waals surface area contributed by atoms with Crippen molar-refractivity contribution in [3.05, 3.63) is 0 Å². The number of hydrogen-bond donors (Lipinski definition) is 0. The van der Waals surface area contributed by atoms with Gasteiger partial charge in [0, 0.05) is 6.92 Å². The third kappa shape index (κ3) is 1.19. The number of carbonyl (C=O) groups is 4.